The van der Waals surface area contributed by atoms with E-state index in [0.717, 1.165) is 0 Å². The summed E-state index contributed by atoms with van der Waals surface area (Å²) in [5.74, 6) is -0.647. The van der Waals surface area contributed by atoms with Crippen molar-refractivity contribution >= 4 is 17.8 Å². The maximum atomic E-state index is 12.2. The summed E-state index contributed by atoms with van der Waals surface area (Å²) in [7, 11) is 0. The first-order chi connectivity index (χ1) is 9.13. The predicted octanol–water partition coefficient (Wildman–Crippen LogP) is -1.64. The molecule has 2 amide bonds. The Bertz CT molecular complexity index is 474. The van der Waals surface area contributed by atoms with Crippen LogP contribution in [0.25, 0.3) is 0 Å². The average molecular weight is 268 g/mol. The largest absolute Gasteiger partial charge is 0.377 e. The highest BCUT2D eigenvalue weighted by molar-refractivity contribution is 5.95. The summed E-state index contributed by atoms with van der Waals surface area (Å²) in [6, 6.07) is -0.660. The van der Waals surface area contributed by atoms with Gasteiger partial charge in [-0.25, -0.2) is 0 Å². The number of ether oxygens (including phenoxy) is 1. The summed E-state index contributed by atoms with van der Waals surface area (Å²) in [5.41, 5.74) is 5.36. The first-order valence-electron chi connectivity index (χ1n) is 5.97. The molecule has 0 aliphatic carbocycles. The van der Waals surface area contributed by atoms with Crippen molar-refractivity contribution in [1.29, 1.82) is 0 Å². The molecule has 1 atom stereocenters. The molecule has 2 rings (SSSR count). The van der Waals surface area contributed by atoms with Crippen LogP contribution in [-0.4, -0.2) is 64.2 Å². The fourth-order valence-electron chi connectivity index (χ4n) is 1.86. The molecule has 1 aromatic rings. The number of amides is 2. The van der Waals surface area contributed by atoms with Gasteiger partial charge in [0.25, 0.3) is 5.91 Å². The lowest BCUT2D eigenvalue weighted by molar-refractivity contribution is -0.130. The molecule has 104 valence electrons. The van der Waals surface area contributed by atoms with Gasteiger partial charge in [0.05, 0.1) is 13.2 Å². The minimum Gasteiger partial charge on any atom is -0.377 e. The molecule has 1 aliphatic heterocycles. The molecule has 19 heavy (non-hydrogen) atoms. The Morgan fingerprint density at radius 2 is 2.42 bits per heavy atom. The fraction of sp³-hybridized carbons (Fsp3) is 0.600. The van der Waals surface area contributed by atoms with Gasteiger partial charge in [0.1, 0.15) is 6.04 Å². The monoisotopic (exact) mass is 268 g/mol. The Morgan fingerprint density at radius 3 is 3.05 bits per heavy atom. The minimum absolute atomic E-state index is 0.00818. The normalized spacial score (nSPS) is 19.2. The molecule has 0 bridgehead atoms. The average Bonchev–Trinajstić information content (AvgIpc) is 2.85. The van der Waals surface area contributed by atoms with Crippen LogP contribution in [0.3, 0.4) is 0 Å². The zero-order valence-corrected chi connectivity index (χ0v) is 10.5. The third-order valence-electron chi connectivity index (χ3n) is 2.75. The van der Waals surface area contributed by atoms with Crippen molar-refractivity contribution < 1.29 is 14.3 Å². The Labute approximate surface area is 109 Å². The number of nitrogens with zero attached hydrogens (tertiary/aromatic N) is 3. The van der Waals surface area contributed by atoms with E-state index in [1.54, 1.807) is 0 Å². The van der Waals surface area contributed by atoms with Gasteiger partial charge >= 0.3 is 0 Å². The standard InChI is InChI=1S/C10H16N6O3/c1-2-12-8(17)6-5-19-4-3-16(6)9(18)7-13-10(11)15-14-7/h6H,2-5H2,1H3,(H,12,17)(H3,11,13,14,15). The molecule has 1 unspecified atom stereocenters. The van der Waals surface area contributed by atoms with Crippen LogP contribution < -0.4 is 11.1 Å². The van der Waals surface area contributed by atoms with Gasteiger partial charge in [-0.1, -0.05) is 0 Å². The number of hydrogen-bond donors (Lipinski definition) is 3. The molecule has 0 radical (unpaired) electrons. The summed E-state index contributed by atoms with van der Waals surface area (Å²) in [6.07, 6.45) is 0. The second-order valence-electron chi connectivity index (χ2n) is 4.03. The van der Waals surface area contributed by atoms with Gasteiger partial charge < -0.3 is 20.7 Å². The van der Waals surface area contributed by atoms with E-state index in [0.29, 0.717) is 19.7 Å². The van der Waals surface area contributed by atoms with Crippen molar-refractivity contribution in [3.05, 3.63) is 5.82 Å². The van der Waals surface area contributed by atoms with Crippen LogP contribution in [-0.2, 0) is 9.53 Å². The second kappa shape index (κ2) is 5.65. The van der Waals surface area contributed by atoms with Crippen LogP contribution in [0.1, 0.15) is 17.5 Å². The van der Waals surface area contributed by atoms with Crippen LogP contribution in [0.4, 0.5) is 5.95 Å². The molecule has 2 heterocycles. The lowest BCUT2D eigenvalue weighted by Gasteiger charge is -2.33. The number of aromatic amines is 1. The number of nitrogen functional groups attached to an aromatic ring is 1. The van der Waals surface area contributed by atoms with Gasteiger partial charge in [-0.15, -0.1) is 5.10 Å². The van der Waals surface area contributed by atoms with Gasteiger partial charge in [-0.3, -0.25) is 14.7 Å². The number of carbonyl (C=O) groups excluding carboxylic acids is 2. The third-order valence-corrected chi connectivity index (χ3v) is 2.75. The van der Waals surface area contributed by atoms with Crippen molar-refractivity contribution in [2.45, 2.75) is 13.0 Å². The number of morpholine rings is 1. The van der Waals surface area contributed by atoms with Crippen molar-refractivity contribution in [3.8, 4) is 0 Å². The topological polar surface area (TPSA) is 126 Å². The number of likely N-dealkylation sites (N-methyl/N-ethyl adjacent to an activating group) is 1. The van der Waals surface area contributed by atoms with E-state index in [9.17, 15) is 9.59 Å². The van der Waals surface area contributed by atoms with E-state index in [4.69, 9.17) is 10.5 Å². The van der Waals surface area contributed by atoms with E-state index in [1.165, 1.54) is 4.90 Å². The molecule has 9 nitrogen and oxygen atoms in total. The zero-order valence-electron chi connectivity index (χ0n) is 10.5. The Balaban J connectivity index is 2.15. The number of aromatic nitrogens is 3. The zero-order chi connectivity index (χ0) is 13.8. The van der Waals surface area contributed by atoms with Crippen molar-refractivity contribution in [2.75, 3.05) is 32.0 Å². The smallest absolute Gasteiger partial charge is 0.292 e. The molecule has 9 heteroatoms. The fourth-order valence-corrected chi connectivity index (χ4v) is 1.86. The SMILES string of the molecule is CCNC(=O)C1COCCN1C(=O)c1nc(N)n[nH]1. The summed E-state index contributed by atoms with van der Waals surface area (Å²) in [5, 5.41) is 8.72. The van der Waals surface area contributed by atoms with Crippen LogP contribution in [0.5, 0.6) is 0 Å². The van der Waals surface area contributed by atoms with Crippen LogP contribution in [0.2, 0.25) is 0 Å². The molecular formula is C10H16N6O3. The molecule has 1 fully saturated rings. The van der Waals surface area contributed by atoms with Crippen LogP contribution >= 0.6 is 0 Å². The summed E-state index contributed by atoms with van der Waals surface area (Å²) >= 11 is 0. The van der Waals surface area contributed by atoms with Gasteiger partial charge in [0.15, 0.2) is 0 Å². The third kappa shape index (κ3) is 2.81. The van der Waals surface area contributed by atoms with E-state index in [2.05, 4.69) is 20.5 Å². The Kier molecular flexibility index (Phi) is 3.95. The highest BCUT2D eigenvalue weighted by Crippen LogP contribution is 2.11. The molecule has 1 aromatic heterocycles. The molecule has 0 saturated carbocycles. The lowest BCUT2D eigenvalue weighted by Crippen LogP contribution is -2.56. The van der Waals surface area contributed by atoms with Crippen molar-refractivity contribution in [1.82, 2.24) is 25.4 Å². The van der Waals surface area contributed by atoms with Crippen molar-refractivity contribution in [3.63, 3.8) is 0 Å². The predicted molar refractivity (Wildman–Crippen MR) is 65.1 cm³/mol. The van der Waals surface area contributed by atoms with E-state index in [1.807, 2.05) is 6.92 Å². The van der Waals surface area contributed by atoms with Crippen LogP contribution in [0, 0.1) is 0 Å². The second-order valence-corrected chi connectivity index (χ2v) is 4.03. The Hall–Kier alpha value is -2.16. The first kappa shape index (κ1) is 13.3. The molecule has 1 aliphatic rings. The minimum atomic E-state index is -0.660. The quantitative estimate of drug-likeness (QED) is 0.603. The van der Waals surface area contributed by atoms with E-state index in [-0.39, 0.29) is 24.3 Å². The number of anilines is 1. The van der Waals surface area contributed by atoms with Gasteiger partial charge in [0.2, 0.25) is 17.7 Å². The van der Waals surface area contributed by atoms with E-state index < -0.39 is 11.9 Å². The van der Waals surface area contributed by atoms with E-state index >= 15 is 0 Å². The molecule has 0 aromatic carbocycles. The summed E-state index contributed by atoms with van der Waals surface area (Å²) < 4.78 is 5.25. The number of nitrogens with one attached hydrogen (secondary N) is 2. The molecule has 0 spiro atoms. The summed E-state index contributed by atoms with van der Waals surface area (Å²) in [6.45, 7) is 3.17. The van der Waals surface area contributed by atoms with Gasteiger partial charge in [-0.2, -0.15) is 4.98 Å². The molecular weight excluding hydrogens is 252 g/mol. The molecule has 4 N–H and O–H groups in total. The number of carbonyl (C=O) groups is 2. The first-order valence-corrected chi connectivity index (χ1v) is 5.97. The Morgan fingerprint density at radius 1 is 1.63 bits per heavy atom. The van der Waals surface area contributed by atoms with Crippen LogP contribution in [0.15, 0.2) is 0 Å². The highest BCUT2D eigenvalue weighted by Gasteiger charge is 2.34. The number of H-pyrrole nitrogens is 1. The van der Waals surface area contributed by atoms with Gasteiger partial charge in [0, 0.05) is 13.1 Å². The lowest BCUT2D eigenvalue weighted by atomic mass is 10.2. The van der Waals surface area contributed by atoms with Gasteiger partial charge in [-0.05, 0) is 6.92 Å². The highest BCUT2D eigenvalue weighted by atomic mass is 16.5. The molecule has 1 saturated heterocycles. The van der Waals surface area contributed by atoms with Crippen molar-refractivity contribution in [2.24, 2.45) is 0 Å². The summed E-state index contributed by atoms with van der Waals surface area (Å²) in [4.78, 5) is 29.3. The maximum absolute atomic E-state index is 12.2. The maximum Gasteiger partial charge on any atom is 0.292 e. The number of nitrogens with two attached hydrogens (primary N) is 1. The number of rotatable bonds is 3. The number of hydrogen-bond acceptors (Lipinski definition) is 6.